The molecule has 2 aromatic heterocycles. The maximum Gasteiger partial charge on any atom is 0.210 e. The third-order valence-electron chi connectivity index (χ3n) is 9.25. The molecule has 1 amide bonds. The predicted octanol–water partition coefficient (Wildman–Crippen LogP) is 4.65. The summed E-state index contributed by atoms with van der Waals surface area (Å²) in [6.07, 6.45) is 4.01. The number of benzene rings is 2. The number of hydrogen-bond donors (Lipinski definition) is 2. The molecule has 0 unspecified atom stereocenters. The first-order valence-corrected chi connectivity index (χ1v) is 13.4. The minimum Gasteiger partial charge on any atom is -0.508 e. The van der Waals surface area contributed by atoms with E-state index in [0.29, 0.717) is 13.0 Å². The average molecular weight is 497 g/mol. The van der Waals surface area contributed by atoms with Crippen molar-refractivity contribution >= 4 is 34.0 Å². The summed E-state index contributed by atoms with van der Waals surface area (Å²) in [6.45, 7) is 3.63. The summed E-state index contributed by atoms with van der Waals surface area (Å²) >= 11 is 0. The number of fused-ring (bicyclic) bond motifs is 6. The third kappa shape index (κ3) is 3.23. The number of nitrogens with zero attached hydrogens (tertiary/aromatic N) is 3. The molecular formula is C30H32N4O3. The number of ketones is 1. The Bertz CT molecular complexity index is 1570. The van der Waals surface area contributed by atoms with E-state index in [1.165, 1.54) is 16.6 Å². The van der Waals surface area contributed by atoms with Crippen LogP contribution in [0.1, 0.15) is 60.4 Å². The summed E-state index contributed by atoms with van der Waals surface area (Å²) in [5.74, 6) is 0.310. The normalized spacial score (nSPS) is 25.8. The van der Waals surface area contributed by atoms with Gasteiger partial charge >= 0.3 is 0 Å². The molecular weight excluding hydrogens is 464 g/mol. The minimum atomic E-state index is -0.262. The average Bonchev–Trinajstić information content (AvgIpc) is 3.41. The lowest BCUT2D eigenvalue weighted by atomic mass is 9.82. The minimum absolute atomic E-state index is 0.169. The Morgan fingerprint density at radius 3 is 2.73 bits per heavy atom. The Morgan fingerprint density at radius 1 is 1.08 bits per heavy atom. The Hall–Kier alpha value is -3.58. The van der Waals surface area contributed by atoms with Crippen LogP contribution in [0.2, 0.25) is 0 Å². The summed E-state index contributed by atoms with van der Waals surface area (Å²) in [5.41, 5.74) is 6.96. The molecule has 3 aliphatic rings. The van der Waals surface area contributed by atoms with E-state index in [4.69, 9.17) is 0 Å². The van der Waals surface area contributed by atoms with Gasteiger partial charge in [0.1, 0.15) is 5.75 Å². The zero-order valence-corrected chi connectivity index (χ0v) is 21.3. The van der Waals surface area contributed by atoms with Crippen molar-refractivity contribution < 1.29 is 14.7 Å². The maximum atomic E-state index is 14.2. The molecule has 190 valence electrons. The van der Waals surface area contributed by atoms with Crippen LogP contribution in [-0.4, -0.2) is 56.8 Å². The number of para-hydroxylation sites is 1. The fourth-order valence-electron chi connectivity index (χ4n) is 7.43. The largest absolute Gasteiger partial charge is 0.508 e. The van der Waals surface area contributed by atoms with Crippen molar-refractivity contribution in [2.45, 2.75) is 50.7 Å². The summed E-state index contributed by atoms with van der Waals surface area (Å²) in [7, 11) is 2.17. The van der Waals surface area contributed by atoms with Crippen LogP contribution < -0.4 is 0 Å². The van der Waals surface area contributed by atoms with Gasteiger partial charge in [-0.15, -0.1) is 0 Å². The molecule has 2 N–H and O–H groups in total. The highest BCUT2D eigenvalue weighted by atomic mass is 16.3. The molecule has 5 heterocycles. The first kappa shape index (κ1) is 22.6. The number of phenols is 1. The number of amides is 1. The monoisotopic (exact) mass is 496 g/mol. The first-order valence-electron chi connectivity index (χ1n) is 13.4. The molecule has 37 heavy (non-hydrogen) atoms. The maximum absolute atomic E-state index is 14.2. The number of nitrogens with one attached hydrogen (secondary N) is 1. The lowest BCUT2D eigenvalue weighted by molar-refractivity contribution is -0.128. The number of carbonyl (C=O) groups is 2. The van der Waals surface area contributed by atoms with Gasteiger partial charge in [-0.3, -0.25) is 14.5 Å². The number of phenolic OH excluding ortho intramolecular Hbond substituents is 1. The van der Waals surface area contributed by atoms with E-state index in [1.54, 1.807) is 12.1 Å². The second kappa shape index (κ2) is 8.21. The molecule has 4 atom stereocenters. The number of likely N-dealkylation sites (N-methyl/N-ethyl adjacent to an activating group) is 1. The number of H-pyrrole nitrogens is 1. The van der Waals surface area contributed by atoms with Gasteiger partial charge in [-0.25, -0.2) is 0 Å². The van der Waals surface area contributed by atoms with Gasteiger partial charge in [-0.1, -0.05) is 18.2 Å². The second-order valence-corrected chi connectivity index (χ2v) is 11.1. The van der Waals surface area contributed by atoms with Crippen LogP contribution >= 0.6 is 0 Å². The fourth-order valence-corrected chi connectivity index (χ4v) is 7.43. The Morgan fingerprint density at radius 2 is 1.89 bits per heavy atom. The third-order valence-corrected chi connectivity index (χ3v) is 9.25. The quantitative estimate of drug-likeness (QED) is 0.405. The van der Waals surface area contributed by atoms with Crippen LogP contribution in [0.4, 0.5) is 0 Å². The molecule has 4 aromatic rings. The smallest absolute Gasteiger partial charge is 0.210 e. The van der Waals surface area contributed by atoms with Gasteiger partial charge in [0.2, 0.25) is 6.41 Å². The standard InChI is InChI=1S/C30H32N4O3/c1-17-30(37)18(14-27-29-22(9-11-32(27)2)20-5-3-4-6-25(20)34(17)29)13-26-28-21(10-12-33(26)16-35)23-15-19(36)7-8-24(23)31-28/h3-8,15-18,26-27,31,36H,9-14H2,1-2H3/t17-,18-,26-,27-/m1/s1. The molecule has 3 aliphatic heterocycles. The second-order valence-electron chi connectivity index (χ2n) is 11.1. The zero-order chi connectivity index (χ0) is 25.4. The van der Waals surface area contributed by atoms with Gasteiger partial charge in [0.15, 0.2) is 5.78 Å². The van der Waals surface area contributed by atoms with Crippen molar-refractivity contribution in [2.24, 2.45) is 5.92 Å². The lowest BCUT2D eigenvalue weighted by Crippen LogP contribution is -2.38. The molecule has 0 fully saturated rings. The number of aromatic nitrogens is 2. The van der Waals surface area contributed by atoms with Crippen LogP contribution in [0.3, 0.4) is 0 Å². The molecule has 0 spiro atoms. The first-order chi connectivity index (χ1) is 18.0. The summed E-state index contributed by atoms with van der Waals surface area (Å²) in [5, 5.41) is 12.4. The molecule has 7 rings (SSSR count). The van der Waals surface area contributed by atoms with Crippen LogP contribution in [0, 0.1) is 5.92 Å². The van der Waals surface area contributed by atoms with E-state index in [2.05, 4.69) is 52.7 Å². The van der Waals surface area contributed by atoms with Crippen molar-refractivity contribution in [2.75, 3.05) is 20.1 Å². The molecule has 7 heteroatoms. The predicted molar refractivity (Wildman–Crippen MR) is 143 cm³/mol. The van der Waals surface area contributed by atoms with Gasteiger partial charge in [0.05, 0.1) is 18.1 Å². The van der Waals surface area contributed by atoms with Gasteiger partial charge in [0, 0.05) is 52.2 Å². The number of aromatic hydroxyl groups is 1. The van der Waals surface area contributed by atoms with E-state index in [9.17, 15) is 14.7 Å². The Labute approximate surface area is 215 Å². The van der Waals surface area contributed by atoms with E-state index in [0.717, 1.165) is 59.9 Å². The zero-order valence-electron chi connectivity index (χ0n) is 21.3. The molecule has 0 saturated carbocycles. The molecule has 7 nitrogen and oxygen atoms in total. The van der Waals surface area contributed by atoms with Crippen LogP contribution in [0.25, 0.3) is 21.8 Å². The molecule has 0 radical (unpaired) electrons. The number of Topliss-reactive ketones (excluding diaryl/α,β-unsaturated/α-hetero) is 1. The van der Waals surface area contributed by atoms with Crippen LogP contribution in [0.5, 0.6) is 5.75 Å². The molecule has 2 aromatic carbocycles. The number of rotatable bonds is 3. The summed E-state index contributed by atoms with van der Waals surface area (Å²) in [4.78, 5) is 34.1. The highest BCUT2D eigenvalue weighted by Crippen LogP contribution is 2.47. The van der Waals surface area contributed by atoms with Crippen molar-refractivity contribution in [3.05, 3.63) is 65.0 Å². The van der Waals surface area contributed by atoms with Crippen molar-refractivity contribution in [3.8, 4) is 5.75 Å². The molecule has 0 bridgehead atoms. The van der Waals surface area contributed by atoms with Crippen molar-refractivity contribution in [1.82, 2.24) is 19.4 Å². The fraction of sp³-hybridized carbons (Fsp3) is 0.400. The lowest BCUT2D eigenvalue weighted by Gasteiger charge is -2.37. The van der Waals surface area contributed by atoms with Crippen molar-refractivity contribution in [1.29, 1.82) is 0 Å². The number of carbonyl (C=O) groups excluding carboxylic acids is 2. The van der Waals surface area contributed by atoms with Gasteiger partial charge in [-0.05, 0) is 75.0 Å². The summed E-state index contributed by atoms with van der Waals surface area (Å²) < 4.78 is 2.31. The molecule has 0 aliphatic carbocycles. The highest BCUT2D eigenvalue weighted by Gasteiger charge is 2.43. The van der Waals surface area contributed by atoms with Gasteiger partial charge in [0.25, 0.3) is 0 Å². The van der Waals surface area contributed by atoms with E-state index in [-0.39, 0.29) is 35.6 Å². The Kier molecular flexibility index (Phi) is 5.02. The van der Waals surface area contributed by atoms with Gasteiger partial charge < -0.3 is 19.6 Å². The topological polar surface area (TPSA) is 81.6 Å². The summed E-state index contributed by atoms with van der Waals surface area (Å²) in [6, 6.07) is 13.6. The van der Waals surface area contributed by atoms with Gasteiger partial charge in [-0.2, -0.15) is 0 Å². The van der Waals surface area contributed by atoms with E-state index < -0.39 is 0 Å². The van der Waals surface area contributed by atoms with E-state index >= 15 is 0 Å². The molecule has 0 saturated heterocycles. The highest BCUT2D eigenvalue weighted by molar-refractivity contribution is 5.92. The van der Waals surface area contributed by atoms with Crippen LogP contribution in [-0.2, 0) is 22.4 Å². The SMILES string of the molecule is C[C@@H]1C(=O)[C@H](C[C@@H]2c3[nH]c4ccc(O)cc4c3CCN2C=O)C[C@@H]2c3c(c4ccccc4n31)CCN2C. The van der Waals surface area contributed by atoms with E-state index in [1.807, 2.05) is 11.0 Å². The van der Waals surface area contributed by atoms with Crippen molar-refractivity contribution in [3.63, 3.8) is 0 Å². The van der Waals surface area contributed by atoms with Crippen LogP contribution in [0.15, 0.2) is 42.5 Å². The Balaban J connectivity index is 1.31. The number of aromatic amines is 1. The number of hydrogen-bond acceptors (Lipinski definition) is 4.